The van der Waals surface area contributed by atoms with Crippen molar-refractivity contribution in [2.45, 2.75) is 13.0 Å². The highest BCUT2D eigenvalue weighted by Gasteiger charge is 2.21. The van der Waals surface area contributed by atoms with Gasteiger partial charge in [0.1, 0.15) is 24.0 Å². The van der Waals surface area contributed by atoms with E-state index >= 15 is 0 Å². The van der Waals surface area contributed by atoms with Crippen molar-refractivity contribution >= 4 is 11.9 Å². The van der Waals surface area contributed by atoms with Gasteiger partial charge in [-0.25, -0.2) is 13.6 Å². The van der Waals surface area contributed by atoms with Gasteiger partial charge in [0, 0.05) is 25.1 Å². The predicted octanol–water partition coefficient (Wildman–Crippen LogP) is 1.02. The first-order valence-electron chi connectivity index (χ1n) is 5.36. The monoisotopic (exact) mass is 273 g/mol. The SMILES string of the molecule is COC(=O)C(COc1cc(F)cc(F)c1)NC(C)=O. The molecule has 1 aromatic carbocycles. The number of amides is 1. The molecular weight excluding hydrogens is 260 g/mol. The van der Waals surface area contributed by atoms with Gasteiger partial charge in [0.2, 0.25) is 5.91 Å². The maximum Gasteiger partial charge on any atom is 0.331 e. The van der Waals surface area contributed by atoms with Gasteiger partial charge in [-0.05, 0) is 0 Å². The quantitative estimate of drug-likeness (QED) is 0.814. The third-order valence-electron chi connectivity index (χ3n) is 2.12. The van der Waals surface area contributed by atoms with E-state index in [1.54, 1.807) is 0 Å². The van der Waals surface area contributed by atoms with Crippen molar-refractivity contribution in [1.82, 2.24) is 5.32 Å². The minimum atomic E-state index is -1.05. The lowest BCUT2D eigenvalue weighted by Crippen LogP contribution is -2.44. The fraction of sp³-hybridized carbons (Fsp3) is 0.333. The number of hydrogen-bond acceptors (Lipinski definition) is 4. The van der Waals surface area contributed by atoms with Crippen LogP contribution in [0.15, 0.2) is 18.2 Å². The molecule has 1 amide bonds. The van der Waals surface area contributed by atoms with Crippen molar-refractivity contribution in [3.05, 3.63) is 29.8 Å². The smallest absolute Gasteiger partial charge is 0.331 e. The standard InChI is InChI=1S/C12H13F2NO4/c1-7(16)15-11(12(17)18-2)6-19-10-4-8(13)3-9(14)5-10/h3-5,11H,6H2,1-2H3,(H,15,16). The van der Waals surface area contributed by atoms with Gasteiger partial charge in [0.05, 0.1) is 7.11 Å². The minimum absolute atomic E-state index is 0.0863. The van der Waals surface area contributed by atoms with Gasteiger partial charge < -0.3 is 14.8 Å². The van der Waals surface area contributed by atoms with Crippen LogP contribution in [0.25, 0.3) is 0 Å². The van der Waals surface area contributed by atoms with Crippen LogP contribution in [0.1, 0.15) is 6.92 Å². The molecule has 19 heavy (non-hydrogen) atoms. The maximum atomic E-state index is 12.9. The molecule has 0 aliphatic rings. The molecule has 0 saturated heterocycles. The van der Waals surface area contributed by atoms with Crippen molar-refractivity contribution < 1.29 is 27.8 Å². The number of hydrogen-bond donors (Lipinski definition) is 1. The fourth-order valence-electron chi connectivity index (χ4n) is 1.35. The molecule has 0 saturated carbocycles. The molecule has 104 valence electrons. The number of carbonyl (C=O) groups is 2. The second kappa shape index (κ2) is 6.67. The largest absolute Gasteiger partial charge is 0.491 e. The van der Waals surface area contributed by atoms with Crippen LogP contribution < -0.4 is 10.1 Å². The Balaban J connectivity index is 2.69. The maximum absolute atomic E-state index is 12.9. The van der Waals surface area contributed by atoms with Gasteiger partial charge in [-0.3, -0.25) is 4.79 Å². The van der Waals surface area contributed by atoms with E-state index in [2.05, 4.69) is 10.1 Å². The van der Waals surface area contributed by atoms with E-state index in [1.807, 2.05) is 0 Å². The zero-order valence-corrected chi connectivity index (χ0v) is 10.4. The molecule has 0 fully saturated rings. The highest BCUT2D eigenvalue weighted by atomic mass is 19.1. The molecule has 1 rings (SSSR count). The number of benzene rings is 1. The topological polar surface area (TPSA) is 64.6 Å². The van der Waals surface area contributed by atoms with Gasteiger partial charge in [-0.2, -0.15) is 0 Å². The lowest BCUT2D eigenvalue weighted by molar-refractivity contribution is -0.145. The highest BCUT2D eigenvalue weighted by molar-refractivity contribution is 5.83. The summed E-state index contributed by atoms with van der Waals surface area (Å²) in [6.45, 7) is 0.924. The first kappa shape index (κ1) is 14.9. The van der Waals surface area contributed by atoms with Gasteiger partial charge >= 0.3 is 5.97 Å². The van der Waals surface area contributed by atoms with Crippen LogP contribution in [0.4, 0.5) is 8.78 Å². The van der Waals surface area contributed by atoms with Crippen molar-refractivity contribution in [3.63, 3.8) is 0 Å². The van der Waals surface area contributed by atoms with E-state index in [0.29, 0.717) is 6.07 Å². The number of nitrogens with one attached hydrogen (secondary N) is 1. The molecule has 0 heterocycles. The zero-order valence-electron chi connectivity index (χ0n) is 10.4. The van der Waals surface area contributed by atoms with E-state index in [4.69, 9.17) is 4.74 Å². The molecule has 0 spiro atoms. The summed E-state index contributed by atoms with van der Waals surface area (Å²) in [7, 11) is 1.15. The molecule has 1 unspecified atom stereocenters. The molecule has 1 atom stereocenters. The van der Waals surface area contributed by atoms with Crippen LogP contribution in [0.3, 0.4) is 0 Å². The molecule has 0 aliphatic heterocycles. The van der Waals surface area contributed by atoms with E-state index in [-0.39, 0.29) is 12.4 Å². The lowest BCUT2D eigenvalue weighted by Gasteiger charge is -2.16. The van der Waals surface area contributed by atoms with Crippen molar-refractivity contribution in [2.75, 3.05) is 13.7 Å². The van der Waals surface area contributed by atoms with E-state index < -0.39 is 29.6 Å². The Morgan fingerprint density at radius 2 is 1.84 bits per heavy atom. The number of halogens is 2. The third kappa shape index (κ3) is 4.90. The Bertz CT molecular complexity index is 459. The Morgan fingerprint density at radius 3 is 2.32 bits per heavy atom. The van der Waals surface area contributed by atoms with Crippen molar-refractivity contribution in [1.29, 1.82) is 0 Å². The first-order valence-corrected chi connectivity index (χ1v) is 5.36. The summed E-state index contributed by atoms with van der Waals surface area (Å²) < 4.78 is 35.3. The third-order valence-corrected chi connectivity index (χ3v) is 2.12. The van der Waals surface area contributed by atoms with Gasteiger partial charge in [-0.1, -0.05) is 0 Å². The summed E-state index contributed by atoms with van der Waals surface area (Å²) in [5, 5.41) is 2.30. The molecule has 0 radical (unpaired) electrons. The number of ether oxygens (including phenoxy) is 2. The van der Waals surface area contributed by atoms with Crippen molar-refractivity contribution in [2.24, 2.45) is 0 Å². The van der Waals surface area contributed by atoms with E-state index in [0.717, 1.165) is 19.2 Å². The van der Waals surface area contributed by atoms with Gasteiger partial charge in [0.25, 0.3) is 0 Å². The first-order chi connectivity index (χ1) is 8.92. The summed E-state index contributed by atoms with van der Waals surface area (Å²) in [4.78, 5) is 22.2. The number of methoxy groups -OCH3 is 1. The molecule has 7 heteroatoms. The molecule has 5 nitrogen and oxygen atoms in total. The molecule has 0 aromatic heterocycles. The summed E-state index contributed by atoms with van der Waals surface area (Å²) in [5.74, 6) is -2.86. The van der Waals surface area contributed by atoms with Gasteiger partial charge in [0.15, 0.2) is 6.04 Å². The number of rotatable bonds is 5. The molecule has 1 N–H and O–H groups in total. The van der Waals surface area contributed by atoms with Crippen LogP contribution in [0.5, 0.6) is 5.75 Å². The Labute approximate surface area is 108 Å². The second-order valence-corrected chi connectivity index (χ2v) is 3.69. The lowest BCUT2D eigenvalue weighted by atomic mass is 10.3. The Kier molecular flexibility index (Phi) is 5.23. The van der Waals surface area contributed by atoms with Crippen LogP contribution in [-0.2, 0) is 14.3 Å². The van der Waals surface area contributed by atoms with Crippen LogP contribution >= 0.6 is 0 Å². The van der Waals surface area contributed by atoms with Crippen molar-refractivity contribution in [3.8, 4) is 5.75 Å². The summed E-state index contributed by atoms with van der Waals surface area (Å²) in [6, 6.07) is 1.57. The summed E-state index contributed by atoms with van der Waals surface area (Å²) in [6.07, 6.45) is 0. The molecule has 0 bridgehead atoms. The summed E-state index contributed by atoms with van der Waals surface area (Å²) in [5.41, 5.74) is 0. The Hall–Kier alpha value is -2.18. The van der Waals surface area contributed by atoms with Crippen LogP contribution in [0, 0.1) is 11.6 Å². The molecular formula is C12H13F2NO4. The normalized spacial score (nSPS) is 11.6. The van der Waals surface area contributed by atoms with E-state index in [1.165, 1.54) is 6.92 Å². The average molecular weight is 273 g/mol. The fourth-order valence-corrected chi connectivity index (χ4v) is 1.35. The number of carbonyl (C=O) groups excluding carboxylic acids is 2. The second-order valence-electron chi connectivity index (χ2n) is 3.69. The predicted molar refractivity (Wildman–Crippen MR) is 61.5 cm³/mol. The highest BCUT2D eigenvalue weighted by Crippen LogP contribution is 2.15. The summed E-state index contributed by atoms with van der Waals surface area (Å²) >= 11 is 0. The minimum Gasteiger partial charge on any atom is -0.491 e. The van der Waals surface area contributed by atoms with E-state index in [9.17, 15) is 18.4 Å². The number of esters is 1. The molecule has 0 aliphatic carbocycles. The van der Waals surface area contributed by atoms with Crippen LogP contribution in [0.2, 0.25) is 0 Å². The average Bonchev–Trinajstić information content (AvgIpc) is 2.31. The Morgan fingerprint density at radius 1 is 1.26 bits per heavy atom. The van der Waals surface area contributed by atoms with Gasteiger partial charge in [-0.15, -0.1) is 0 Å². The van der Waals surface area contributed by atoms with Crippen LogP contribution in [-0.4, -0.2) is 31.6 Å². The molecule has 1 aromatic rings. The zero-order chi connectivity index (χ0) is 14.4.